The molecule has 0 spiro atoms. The second-order valence-electron chi connectivity index (χ2n) is 14.1. The summed E-state index contributed by atoms with van der Waals surface area (Å²) < 4.78 is 5.06. The van der Waals surface area contributed by atoms with Crippen LogP contribution in [0.15, 0.2) is 206 Å². The van der Waals surface area contributed by atoms with Gasteiger partial charge in [-0.05, 0) is 94.2 Å². The van der Waals surface area contributed by atoms with Gasteiger partial charge in [0.2, 0.25) is 0 Å². The molecule has 0 N–H and O–H groups in total. The molecule has 0 saturated heterocycles. The van der Waals surface area contributed by atoms with Crippen molar-refractivity contribution < 1.29 is 0 Å². The first-order chi connectivity index (χ1) is 27.3. The Bertz CT molecular complexity index is 3190. The number of thiophene rings is 1. The lowest BCUT2D eigenvalue weighted by atomic mass is 9.98. The first-order valence-electron chi connectivity index (χ1n) is 18.8. The van der Waals surface area contributed by atoms with Crippen molar-refractivity contribution in [1.82, 2.24) is 4.57 Å². The van der Waals surface area contributed by atoms with Gasteiger partial charge in [-0.2, -0.15) is 0 Å². The summed E-state index contributed by atoms with van der Waals surface area (Å²) in [6.07, 6.45) is 0. The van der Waals surface area contributed by atoms with Crippen LogP contribution in [0, 0.1) is 0 Å². The van der Waals surface area contributed by atoms with Gasteiger partial charge in [0.1, 0.15) is 0 Å². The number of hydrogen-bond donors (Lipinski definition) is 0. The molecule has 55 heavy (non-hydrogen) atoms. The molecule has 0 radical (unpaired) electrons. The van der Waals surface area contributed by atoms with Crippen LogP contribution in [-0.2, 0) is 0 Å². The second kappa shape index (κ2) is 12.9. The van der Waals surface area contributed by atoms with Crippen molar-refractivity contribution in [2.45, 2.75) is 0 Å². The van der Waals surface area contributed by atoms with Crippen molar-refractivity contribution in [1.29, 1.82) is 0 Å². The van der Waals surface area contributed by atoms with Crippen molar-refractivity contribution >= 4 is 81.1 Å². The van der Waals surface area contributed by atoms with Gasteiger partial charge in [-0.25, -0.2) is 0 Å². The van der Waals surface area contributed by atoms with E-state index in [2.05, 4.69) is 216 Å². The van der Waals surface area contributed by atoms with Gasteiger partial charge in [0.25, 0.3) is 0 Å². The van der Waals surface area contributed by atoms with Gasteiger partial charge in [0.15, 0.2) is 0 Å². The maximum Gasteiger partial charge on any atom is 0.0702 e. The van der Waals surface area contributed by atoms with Gasteiger partial charge in [-0.1, -0.05) is 140 Å². The van der Waals surface area contributed by atoms with E-state index in [9.17, 15) is 0 Å². The third-order valence-corrected chi connectivity index (χ3v) is 12.1. The first-order valence-corrected chi connectivity index (χ1v) is 19.6. The average Bonchev–Trinajstić information content (AvgIpc) is 3.80. The molecule has 0 bridgehead atoms. The number of anilines is 3. The Morgan fingerprint density at radius 1 is 0.364 bits per heavy atom. The predicted octanol–water partition coefficient (Wildman–Crippen LogP) is 15.1. The molecule has 2 aromatic heterocycles. The Hall–Kier alpha value is -6.94. The zero-order chi connectivity index (χ0) is 36.3. The van der Waals surface area contributed by atoms with Crippen LogP contribution in [-0.4, -0.2) is 4.57 Å². The Labute approximate surface area is 323 Å². The standard InChI is InChI=1S/C52H34N2S/c1-2-15-36-32-38(29-28-35(36)14-1)37-16-13-17-40(33-37)53(46-22-7-3-18-41(46)39-30-31-52-45(34-39)44-21-6-12-27-51(44)55-52)49-25-10-11-26-50(49)54-47-23-8-4-19-42(47)43-20-5-9-24-48(43)54/h1-34H. The summed E-state index contributed by atoms with van der Waals surface area (Å²) in [5, 5.41) is 7.57. The number of para-hydroxylation sites is 5. The molecule has 0 amide bonds. The maximum atomic E-state index is 2.47. The number of nitrogens with zero attached hydrogens (tertiary/aromatic N) is 2. The lowest BCUT2D eigenvalue weighted by Gasteiger charge is -2.30. The van der Waals surface area contributed by atoms with E-state index in [4.69, 9.17) is 0 Å². The van der Waals surface area contributed by atoms with Crippen LogP contribution in [0.3, 0.4) is 0 Å². The molecule has 258 valence electrons. The third kappa shape index (κ3) is 5.24. The number of fused-ring (bicyclic) bond motifs is 7. The van der Waals surface area contributed by atoms with E-state index < -0.39 is 0 Å². The zero-order valence-corrected chi connectivity index (χ0v) is 30.7. The topological polar surface area (TPSA) is 8.17 Å². The van der Waals surface area contributed by atoms with Crippen LogP contribution in [0.25, 0.3) is 80.7 Å². The Morgan fingerprint density at radius 3 is 1.82 bits per heavy atom. The van der Waals surface area contributed by atoms with E-state index >= 15 is 0 Å². The third-order valence-electron chi connectivity index (χ3n) is 11.0. The summed E-state index contributed by atoms with van der Waals surface area (Å²) in [6, 6.07) is 75.4. The van der Waals surface area contributed by atoms with Crippen LogP contribution in [0.5, 0.6) is 0 Å². The van der Waals surface area contributed by atoms with Gasteiger partial charge < -0.3 is 9.47 Å². The fourth-order valence-corrected chi connectivity index (χ4v) is 9.52. The van der Waals surface area contributed by atoms with Crippen LogP contribution in [0.4, 0.5) is 17.1 Å². The lowest BCUT2D eigenvalue weighted by molar-refractivity contribution is 1.15. The van der Waals surface area contributed by atoms with Gasteiger partial charge in [-0.3, -0.25) is 0 Å². The van der Waals surface area contributed by atoms with E-state index in [0.29, 0.717) is 0 Å². The normalized spacial score (nSPS) is 11.6. The highest BCUT2D eigenvalue weighted by Crippen LogP contribution is 2.46. The molecule has 0 saturated carbocycles. The molecular formula is C52H34N2S. The van der Waals surface area contributed by atoms with Crippen molar-refractivity contribution in [2.75, 3.05) is 4.90 Å². The van der Waals surface area contributed by atoms with E-state index in [0.717, 1.165) is 22.7 Å². The van der Waals surface area contributed by atoms with Crippen molar-refractivity contribution in [3.8, 4) is 27.9 Å². The highest BCUT2D eigenvalue weighted by molar-refractivity contribution is 7.25. The van der Waals surface area contributed by atoms with Crippen LogP contribution < -0.4 is 4.90 Å². The zero-order valence-electron chi connectivity index (χ0n) is 29.9. The minimum absolute atomic E-state index is 1.09. The largest absolute Gasteiger partial charge is 0.308 e. The summed E-state index contributed by atoms with van der Waals surface area (Å²) >= 11 is 1.86. The van der Waals surface area contributed by atoms with Crippen molar-refractivity contribution in [2.24, 2.45) is 0 Å². The molecule has 0 aliphatic carbocycles. The summed E-state index contributed by atoms with van der Waals surface area (Å²) in [7, 11) is 0. The van der Waals surface area contributed by atoms with Gasteiger partial charge in [-0.15, -0.1) is 11.3 Å². The fraction of sp³-hybridized carbons (Fsp3) is 0. The van der Waals surface area contributed by atoms with Gasteiger partial charge >= 0.3 is 0 Å². The van der Waals surface area contributed by atoms with E-state index in [1.54, 1.807) is 0 Å². The van der Waals surface area contributed by atoms with E-state index in [-0.39, 0.29) is 0 Å². The molecule has 0 atom stereocenters. The Balaban J connectivity index is 1.17. The summed E-state index contributed by atoms with van der Waals surface area (Å²) in [5.74, 6) is 0. The fourth-order valence-electron chi connectivity index (χ4n) is 8.43. The highest BCUT2D eigenvalue weighted by Gasteiger charge is 2.23. The SMILES string of the molecule is c1cc(-c2ccc3ccccc3c2)cc(N(c2ccccc2-c2ccc3sc4ccccc4c3c2)c2ccccc2-n2c3ccccc3c3ccccc32)c1. The molecule has 9 aromatic carbocycles. The monoisotopic (exact) mass is 718 g/mol. The molecule has 2 heterocycles. The quantitative estimate of drug-likeness (QED) is 0.166. The van der Waals surface area contributed by atoms with Crippen LogP contribution >= 0.6 is 11.3 Å². The molecule has 0 aliphatic heterocycles. The Morgan fingerprint density at radius 2 is 0.982 bits per heavy atom. The summed E-state index contributed by atoms with van der Waals surface area (Å²) in [5.41, 5.74) is 11.5. The number of hydrogen-bond acceptors (Lipinski definition) is 2. The molecule has 0 unspecified atom stereocenters. The highest BCUT2D eigenvalue weighted by atomic mass is 32.1. The number of rotatable bonds is 6. The molecule has 11 aromatic rings. The van der Waals surface area contributed by atoms with Gasteiger partial charge in [0, 0.05) is 42.2 Å². The lowest BCUT2D eigenvalue weighted by Crippen LogP contribution is -2.14. The molecule has 0 aliphatic rings. The van der Waals surface area contributed by atoms with Crippen LogP contribution in [0.1, 0.15) is 0 Å². The Kier molecular flexibility index (Phi) is 7.39. The molecular weight excluding hydrogens is 685 g/mol. The molecule has 2 nitrogen and oxygen atoms in total. The minimum Gasteiger partial charge on any atom is -0.308 e. The van der Waals surface area contributed by atoms with E-state index in [1.807, 2.05) is 11.3 Å². The number of aromatic nitrogens is 1. The first kappa shape index (κ1) is 31.6. The maximum absolute atomic E-state index is 2.47. The summed E-state index contributed by atoms with van der Waals surface area (Å²) in [4.78, 5) is 2.47. The number of benzene rings is 9. The smallest absolute Gasteiger partial charge is 0.0702 e. The molecule has 11 rings (SSSR count). The molecule has 3 heteroatoms. The summed E-state index contributed by atoms with van der Waals surface area (Å²) in [6.45, 7) is 0. The van der Waals surface area contributed by atoms with E-state index in [1.165, 1.54) is 75.0 Å². The second-order valence-corrected chi connectivity index (χ2v) is 15.2. The molecule has 0 fully saturated rings. The average molecular weight is 719 g/mol. The van der Waals surface area contributed by atoms with Crippen molar-refractivity contribution in [3.05, 3.63) is 206 Å². The van der Waals surface area contributed by atoms with Crippen molar-refractivity contribution in [3.63, 3.8) is 0 Å². The van der Waals surface area contributed by atoms with Crippen LogP contribution in [0.2, 0.25) is 0 Å². The predicted molar refractivity (Wildman–Crippen MR) is 237 cm³/mol. The van der Waals surface area contributed by atoms with Gasteiger partial charge in [0.05, 0.1) is 28.1 Å². The minimum atomic E-state index is 1.09.